The maximum atomic E-state index is 13.0. The van der Waals surface area contributed by atoms with Crippen LogP contribution in [0, 0.1) is 11.6 Å². The first-order chi connectivity index (χ1) is 9.47. The lowest BCUT2D eigenvalue weighted by atomic mass is 10.1. The number of rotatable bonds is 3. The molecular weight excluding hydrogens is 311 g/mol. The number of halogens is 4. The maximum Gasteiger partial charge on any atom is 0.229 e. The highest BCUT2D eigenvalue weighted by Crippen LogP contribution is 2.25. The third-order valence-corrected chi connectivity index (χ3v) is 3.09. The summed E-state index contributed by atoms with van der Waals surface area (Å²) in [4.78, 5) is 19.1. The molecule has 4 nitrogen and oxygen atoms in total. The van der Waals surface area contributed by atoms with Gasteiger partial charge < -0.3 is 5.32 Å². The van der Waals surface area contributed by atoms with Crippen molar-refractivity contribution in [3.63, 3.8) is 0 Å². The second-order valence-corrected chi connectivity index (χ2v) is 4.54. The van der Waals surface area contributed by atoms with Gasteiger partial charge in [0.2, 0.25) is 5.91 Å². The molecule has 1 aromatic heterocycles. The van der Waals surface area contributed by atoms with Crippen molar-refractivity contribution in [2.24, 2.45) is 0 Å². The van der Waals surface area contributed by atoms with Crippen LogP contribution in [0.25, 0.3) is 0 Å². The molecule has 2 aromatic rings. The molecule has 0 saturated carbocycles. The van der Waals surface area contributed by atoms with E-state index < -0.39 is 17.5 Å². The van der Waals surface area contributed by atoms with E-state index in [1.165, 1.54) is 6.07 Å². The predicted molar refractivity (Wildman–Crippen MR) is 70.7 cm³/mol. The molecule has 1 N–H and O–H groups in total. The number of carbonyl (C=O) groups excluding carboxylic acids is 1. The van der Waals surface area contributed by atoms with Gasteiger partial charge in [-0.15, -0.1) is 0 Å². The lowest BCUT2D eigenvalue weighted by molar-refractivity contribution is -0.115. The highest BCUT2D eigenvalue weighted by molar-refractivity contribution is 6.42. The van der Waals surface area contributed by atoms with Gasteiger partial charge in [0.1, 0.15) is 11.3 Å². The van der Waals surface area contributed by atoms with Gasteiger partial charge in [0.15, 0.2) is 22.6 Å². The molecule has 0 unspecified atom stereocenters. The molecule has 8 heteroatoms. The van der Waals surface area contributed by atoms with Crippen LogP contribution in [-0.4, -0.2) is 15.9 Å². The van der Waals surface area contributed by atoms with E-state index >= 15 is 0 Å². The van der Waals surface area contributed by atoms with Gasteiger partial charge in [-0.25, -0.2) is 18.7 Å². The zero-order chi connectivity index (χ0) is 14.7. The van der Waals surface area contributed by atoms with Crippen molar-refractivity contribution in [1.82, 2.24) is 9.97 Å². The van der Waals surface area contributed by atoms with Crippen molar-refractivity contribution >= 4 is 34.9 Å². The maximum absolute atomic E-state index is 13.0. The Morgan fingerprint density at radius 3 is 2.65 bits per heavy atom. The van der Waals surface area contributed by atoms with Gasteiger partial charge in [-0.3, -0.25) is 4.79 Å². The van der Waals surface area contributed by atoms with Crippen LogP contribution >= 0.6 is 23.2 Å². The lowest BCUT2D eigenvalue weighted by Crippen LogP contribution is -2.16. The number of hydrogen-bond acceptors (Lipinski definition) is 3. The number of nitrogens with zero attached hydrogens (tertiary/aromatic N) is 2. The summed E-state index contributed by atoms with van der Waals surface area (Å²) in [5, 5.41) is 2.42. The van der Waals surface area contributed by atoms with Crippen LogP contribution in [0.2, 0.25) is 10.2 Å². The van der Waals surface area contributed by atoms with Gasteiger partial charge >= 0.3 is 0 Å². The number of anilines is 1. The van der Waals surface area contributed by atoms with Crippen LogP contribution in [0.1, 0.15) is 5.56 Å². The second kappa shape index (κ2) is 6.11. The van der Waals surface area contributed by atoms with Crippen molar-refractivity contribution in [2.75, 3.05) is 5.32 Å². The summed E-state index contributed by atoms with van der Waals surface area (Å²) < 4.78 is 25.8. The quantitative estimate of drug-likeness (QED) is 0.884. The first kappa shape index (κ1) is 14.6. The minimum Gasteiger partial charge on any atom is -0.309 e. The third-order valence-electron chi connectivity index (χ3n) is 2.35. The Balaban J connectivity index is 2.09. The van der Waals surface area contributed by atoms with Gasteiger partial charge in [0, 0.05) is 0 Å². The molecule has 0 aliphatic heterocycles. The van der Waals surface area contributed by atoms with Gasteiger partial charge in [-0.05, 0) is 17.7 Å². The lowest BCUT2D eigenvalue weighted by Gasteiger charge is -2.06. The Kier molecular flexibility index (Phi) is 4.46. The van der Waals surface area contributed by atoms with Crippen molar-refractivity contribution in [3.8, 4) is 0 Å². The number of hydrogen-bond donors (Lipinski definition) is 1. The van der Waals surface area contributed by atoms with Gasteiger partial charge in [0.25, 0.3) is 0 Å². The normalized spacial score (nSPS) is 10.4. The standard InChI is InChI=1S/C12H7Cl2F2N3O/c13-10-11(14)17-5-18-12(10)19-9(20)4-6-1-2-7(15)8(16)3-6/h1-3,5H,4H2,(H,17,18,19,20). The number of benzene rings is 1. The smallest absolute Gasteiger partial charge is 0.229 e. The number of amides is 1. The summed E-state index contributed by atoms with van der Waals surface area (Å²) in [6.45, 7) is 0. The zero-order valence-corrected chi connectivity index (χ0v) is 11.3. The molecule has 0 spiro atoms. The monoisotopic (exact) mass is 317 g/mol. The first-order valence-corrected chi connectivity index (χ1v) is 6.12. The minimum atomic E-state index is -1.02. The number of aromatic nitrogens is 2. The van der Waals surface area contributed by atoms with E-state index in [1.54, 1.807) is 0 Å². The SMILES string of the molecule is O=C(Cc1ccc(F)c(F)c1)Nc1ncnc(Cl)c1Cl. The second-order valence-electron chi connectivity index (χ2n) is 3.80. The highest BCUT2D eigenvalue weighted by atomic mass is 35.5. The Labute approximate surface area is 122 Å². The fourth-order valence-electron chi connectivity index (χ4n) is 1.45. The third kappa shape index (κ3) is 3.40. The summed E-state index contributed by atoms with van der Waals surface area (Å²) >= 11 is 11.5. The minimum absolute atomic E-state index is 0.00444. The molecule has 1 aromatic carbocycles. The molecule has 1 heterocycles. The number of carbonyl (C=O) groups is 1. The molecule has 20 heavy (non-hydrogen) atoms. The van der Waals surface area contributed by atoms with Crippen LogP contribution in [-0.2, 0) is 11.2 Å². The van der Waals surface area contributed by atoms with Crippen LogP contribution in [0.3, 0.4) is 0 Å². The largest absolute Gasteiger partial charge is 0.309 e. The molecular formula is C12H7Cl2F2N3O. The Hall–Kier alpha value is -1.79. The summed E-state index contributed by atoms with van der Waals surface area (Å²) in [6.07, 6.45) is 0.983. The Morgan fingerprint density at radius 1 is 1.20 bits per heavy atom. The molecule has 2 rings (SSSR count). The van der Waals surface area contributed by atoms with Crippen molar-refractivity contribution in [1.29, 1.82) is 0 Å². The fourth-order valence-corrected chi connectivity index (χ4v) is 1.72. The summed E-state index contributed by atoms with van der Waals surface area (Å²) in [5.41, 5.74) is 0.317. The van der Waals surface area contributed by atoms with E-state index in [2.05, 4.69) is 15.3 Å². The number of nitrogens with one attached hydrogen (secondary N) is 1. The van der Waals surface area contributed by atoms with E-state index in [0.29, 0.717) is 5.56 Å². The predicted octanol–water partition coefficient (Wildman–Crippen LogP) is 3.24. The molecule has 0 atom stereocenters. The molecule has 0 radical (unpaired) electrons. The van der Waals surface area contributed by atoms with Crippen LogP contribution in [0.4, 0.5) is 14.6 Å². The zero-order valence-electron chi connectivity index (χ0n) is 9.83. The van der Waals surface area contributed by atoms with E-state index in [0.717, 1.165) is 18.5 Å². The average Bonchev–Trinajstić information content (AvgIpc) is 2.39. The molecule has 104 valence electrons. The first-order valence-electron chi connectivity index (χ1n) is 5.37. The van der Waals surface area contributed by atoms with Crippen LogP contribution in [0.15, 0.2) is 24.5 Å². The van der Waals surface area contributed by atoms with Gasteiger partial charge in [-0.1, -0.05) is 29.3 Å². The fraction of sp³-hybridized carbons (Fsp3) is 0.0833. The molecule has 0 saturated heterocycles. The topological polar surface area (TPSA) is 54.9 Å². The Bertz CT molecular complexity index is 667. The van der Waals surface area contributed by atoms with Crippen molar-refractivity contribution in [2.45, 2.75) is 6.42 Å². The van der Waals surface area contributed by atoms with E-state index in [1.807, 2.05) is 0 Å². The summed E-state index contributed by atoms with van der Waals surface area (Å²) in [5.74, 6) is -2.43. The van der Waals surface area contributed by atoms with Gasteiger partial charge in [-0.2, -0.15) is 0 Å². The van der Waals surface area contributed by atoms with Crippen LogP contribution in [0.5, 0.6) is 0 Å². The van der Waals surface area contributed by atoms with Crippen molar-refractivity contribution in [3.05, 3.63) is 51.9 Å². The summed E-state index contributed by atoms with van der Waals surface area (Å²) in [7, 11) is 0. The van der Waals surface area contributed by atoms with E-state index in [-0.39, 0.29) is 22.4 Å². The molecule has 0 fully saturated rings. The van der Waals surface area contributed by atoms with E-state index in [9.17, 15) is 13.6 Å². The van der Waals surface area contributed by atoms with Gasteiger partial charge in [0.05, 0.1) is 6.42 Å². The Morgan fingerprint density at radius 2 is 1.95 bits per heavy atom. The van der Waals surface area contributed by atoms with Crippen molar-refractivity contribution < 1.29 is 13.6 Å². The van der Waals surface area contributed by atoms with Crippen LogP contribution < -0.4 is 5.32 Å². The molecule has 0 aliphatic carbocycles. The van der Waals surface area contributed by atoms with E-state index in [4.69, 9.17) is 23.2 Å². The molecule has 1 amide bonds. The highest BCUT2D eigenvalue weighted by Gasteiger charge is 2.12. The average molecular weight is 318 g/mol. The molecule has 0 bridgehead atoms. The molecule has 0 aliphatic rings. The summed E-state index contributed by atoms with van der Waals surface area (Å²) in [6, 6.07) is 3.21.